The van der Waals surface area contributed by atoms with Crippen molar-refractivity contribution in [2.75, 3.05) is 0 Å². The van der Waals surface area contributed by atoms with Crippen LogP contribution in [-0.2, 0) is 0 Å². The Bertz CT molecular complexity index is 294. The summed E-state index contributed by atoms with van der Waals surface area (Å²) in [6.07, 6.45) is 0. The molecule has 0 nitrogen and oxygen atoms in total. The Morgan fingerprint density at radius 2 is 1.14 bits per heavy atom. The second-order valence-electron chi connectivity index (χ2n) is 3.11. The van der Waals surface area contributed by atoms with Crippen LogP contribution in [0.3, 0.4) is 0 Å². The molecule has 14 heavy (non-hydrogen) atoms. The van der Waals surface area contributed by atoms with Crippen molar-refractivity contribution in [1.29, 1.82) is 0 Å². The van der Waals surface area contributed by atoms with E-state index in [0.29, 0.717) is 0 Å². The van der Waals surface area contributed by atoms with Gasteiger partial charge in [-0.1, -0.05) is 48.6 Å². The number of rotatable bonds is 2. The molecule has 0 aliphatic carbocycles. The number of hydrogen-bond donors (Lipinski definition) is 0. The minimum absolute atomic E-state index is 0. The number of hydrogen-bond acceptors (Lipinski definition) is 0. The Hall–Kier alpha value is -0.105. The predicted molar refractivity (Wildman–Crippen MR) is 70.2 cm³/mol. The normalized spacial score (nSPS) is 8.14. The van der Waals surface area contributed by atoms with E-state index in [2.05, 4.69) is 25.3 Å². The zero-order valence-electron chi connectivity index (χ0n) is 7.72. The Labute approximate surface area is 111 Å². The summed E-state index contributed by atoms with van der Waals surface area (Å²) in [6.45, 7) is 11.9. The van der Waals surface area contributed by atoms with Crippen molar-refractivity contribution >= 4 is 48.9 Å². The summed E-state index contributed by atoms with van der Waals surface area (Å²) in [4.78, 5) is 0. The molecule has 0 aliphatic heterocycles. The average Bonchev–Trinajstić information content (AvgIpc) is 2.04. The molecule has 0 heterocycles. The van der Waals surface area contributed by atoms with Gasteiger partial charge >= 0.3 is 37.7 Å². The van der Waals surface area contributed by atoms with Crippen LogP contribution in [0.25, 0.3) is 11.1 Å². The van der Waals surface area contributed by atoms with E-state index in [1.165, 1.54) is 11.1 Å². The summed E-state index contributed by atoms with van der Waals surface area (Å²) in [6, 6.07) is 8.20. The van der Waals surface area contributed by atoms with Crippen LogP contribution in [0.1, 0.15) is 25.0 Å². The van der Waals surface area contributed by atoms with E-state index in [0.717, 1.165) is 11.1 Å². The zero-order valence-corrected chi connectivity index (χ0v) is 7.72. The third kappa shape index (κ3) is 3.95. The van der Waals surface area contributed by atoms with Crippen LogP contribution < -0.4 is 0 Å². The molecular formula is C12H16Li2. The van der Waals surface area contributed by atoms with Gasteiger partial charge in [0.2, 0.25) is 0 Å². The molecule has 0 spiro atoms. The first-order valence-corrected chi connectivity index (χ1v) is 4.03. The topological polar surface area (TPSA) is 0 Å². The Morgan fingerprint density at radius 3 is 1.36 bits per heavy atom. The molecule has 0 N–H and O–H groups in total. The summed E-state index contributed by atoms with van der Waals surface area (Å²) < 4.78 is 0. The van der Waals surface area contributed by atoms with Gasteiger partial charge < -0.3 is 0 Å². The second-order valence-corrected chi connectivity index (χ2v) is 3.11. The Morgan fingerprint density at radius 1 is 0.857 bits per heavy atom. The SMILES string of the molecule is C=C(C)c1ccccc1C(=C)C.[LiH].[LiH]. The van der Waals surface area contributed by atoms with E-state index in [4.69, 9.17) is 0 Å². The van der Waals surface area contributed by atoms with Gasteiger partial charge in [0.1, 0.15) is 0 Å². The summed E-state index contributed by atoms with van der Waals surface area (Å²) in [5, 5.41) is 0. The molecule has 0 unspecified atom stereocenters. The fraction of sp³-hybridized carbons (Fsp3) is 0.167. The van der Waals surface area contributed by atoms with Crippen molar-refractivity contribution in [3.63, 3.8) is 0 Å². The van der Waals surface area contributed by atoms with Crippen molar-refractivity contribution in [3.05, 3.63) is 48.6 Å². The van der Waals surface area contributed by atoms with Gasteiger partial charge in [0.15, 0.2) is 0 Å². The van der Waals surface area contributed by atoms with E-state index in [9.17, 15) is 0 Å². The van der Waals surface area contributed by atoms with Gasteiger partial charge in [-0.3, -0.25) is 0 Å². The Balaban J connectivity index is 0. The summed E-state index contributed by atoms with van der Waals surface area (Å²) in [5.74, 6) is 0. The molecule has 1 aromatic rings. The van der Waals surface area contributed by atoms with Crippen molar-refractivity contribution < 1.29 is 0 Å². The molecule has 66 valence electrons. The van der Waals surface area contributed by atoms with Crippen LogP contribution in [0.4, 0.5) is 0 Å². The van der Waals surface area contributed by atoms with Crippen molar-refractivity contribution in [2.45, 2.75) is 13.8 Å². The first-order valence-electron chi connectivity index (χ1n) is 4.03. The molecule has 0 saturated carbocycles. The first-order chi connectivity index (χ1) is 5.63. The molecule has 0 bridgehead atoms. The van der Waals surface area contributed by atoms with Gasteiger partial charge in [-0.15, -0.1) is 0 Å². The molecule has 2 heteroatoms. The molecule has 0 aliphatic rings. The zero-order chi connectivity index (χ0) is 9.14. The molecular weight excluding hydrogens is 158 g/mol. The molecule has 1 aromatic carbocycles. The van der Waals surface area contributed by atoms with Gasteiger partial charge in [0.05, 0.1) is 0 Å². The van der Waals surface area contributed by atoms with Crippen LogP contribution in [0.15, 0.2) is 37.4 Å². The van der Waals surface area contributed by atoms with E-state index in [-0.39, 0.29) is 37.7 Å². The minimum atomic E-state index is 0. The van der Waals surface area contributed by atoms with Gasteiger partial charge in [0.25, 0.3) is 0 Å². The quantitative estimate of drug-likeness (QED) is 0.604. The summed E-state index contributed by atoms with van der Waals surface area (Å²) in [7, 11) is 0. The van der Waals surface area contributed by atoms with Crippen molar-refractivity contribution in [3.8, 4) is 0 Å². The van der Waals surface area contributed by atoms with E-state index in [1.807, 2.05) is 26.0 Å². The first kappa shape index (κ1) is 16.3. The fourth-order valence-electron chi connectivity index (χ4n) is 1.23. The van der Waals surface area contributed by atoms with Crippen LogP contribution >= 0.6 is 0 Å². The molecule has 1 rings (SSSR count). The maximum atomic E-state index is 3.93. The second kappa shape index (κ2) is 7.22. The summed E-state index contributed by atoms with van der Waals surface area (Å²) >= 11 is 0. The summed E-state index contributed by atoms with van der Waals surface area (Å²) in [5.41, 5.74) is 4.58. The molecule has 0 aromatic heterocycles. The number of allylic oxidation sites excluding steroid dienone is 2. The van der Waals surface area contributed by atoms with E-state index in [1.54, 1.807) is 0 Å². The van der Waals surface area contributed by atoms with Gasteiger partial charge in [-0.2, -0.15) is 0 Å². The third-order valence-electron chi connectivity index (χ3n) is 1.85. The fourth-order valence-corrected chi connectivity index (χ4v) is 1.23. The van der Waals surface area contributed by atoms with E-state index < -0.39 is 0 Å². The standard InChI is InChI=1S/C12H14.2Li.2H/c1-9(2)11-7-5-6-8-12(11)10(3)4;;;;/h5-8H,1,3H2,2,4H3;;;;. The van der Waals surface area contributed by atoms with Gasteiger partial charge in [-0.05, 0) is 25.0 Å². The monoisotopic (exact) mass is 174 g/mol. The number of benzene rings is 1. The van der Waals surface area contributed by atoms with Crippen LogP contribution in [0, 0.1) is 0 Å². The van der Waals surface area contributed by atoms with Gasteiger partial charge in [0, 0.05) is 0 Å². The molecule has 0 saturated heterocycles. The van der Waals surface area contributed by atoms with Crippen LogP contribution in [0.2, 0.25) is 0 Å². The maximum absolute atomic E-state index is 3.93. The van der Waals surface area contributed by atoms with Crippen molar-refractivity contribution in [1.82, 2.24) is 0 Å². The molecule has 0 radical (unpaired) electrons. The van der Waals surface area contributed by atoms with Crippen LogP contribution in [0.5, 0.6) is 0 Å². The predicted octanol–water partition coefficient (Wildman–Crippen LogP) is 2.46. The van der Waals surface area contributed by atoms with E-state index >= 15 is 0 Å². The molecule has 0 atom stereocenters. The third-order valence-corrected chi connectivity index (χ3v) is 1.85. The molecule has 0 fully saturated rings. The van der Waals surface area contributed by atoms with Crippen LogP contribution in [-0.4, -0.2) is 37.7 Å². The molecule has 0 amide bonds. The van der Waals surface area contributed by atoms with Crippen molar-refractivity contribution in [2.24, 2.45) is 0 Å². The van der Waals surface area contributed by atoms with Gasteiger partial charge in [-0.25, -0.2) is 0 Å². The average molecular weight is 174 g/mol. The Kier molecular flexibility index (Phi) is 8.42.